The van der Waals surface area contributed by atoms with Gasteiger partial charge in [-0.3, -0.25) is 0 Å². The van der Waals surface area contributed by atoms with E-state index in [0.29, 0.717) is 30.3 Å². The highest BCUT2D eigenvalue weighted by Gasteiger charge is 2.23. The molecule has 1 atom stereocenters. The Morgan fingerprint density at radius 1 is 1.09 bits per heavy atom. The fourth-order valence-corrected chi connectivity index (χ4v) is 4.93. The molecule has 1 unspecified atom stereocenters. The van der Waals surface area contributed by atoms with Gasteiger partial charge < -0.3 is 14.6 Å². The van der Waals surface area contributed by atoms with Crippen molar-refractivity contribution < 1.29 is 14.6 Å². The van der Waals surface area contributed by atoms with Crippen LogP contribution in [-0.2, 0) is 13.2 Å². The highest BCUT2D eigenvalue weighted by Crippen LogP contribution is 2.38. The number of hydrogen-bond acceptors (Lipinski definition) is 5. The molecule has 162 valence electrons. The van der Waals surface area contributed by atoms with Crippen molar-refractivity contribution in [3.05, 3.63) is 94.1 Å². The summed E-state index contributed by atoms with van der Waals surface area (Å²) in [7, 11) is 0. The number of aliphatic hydroxyl groups is 1. The van der Waals surface area contributed by atoms with E-state index in [1.165, 1.54) is 0 Å². The highest BCUT2D eigenvalue weighted by atomic mass is 35.5. The van der Waals surface area contributed by atoms with Crippen LogP contribution in [0, 0.1) is 0 Å². The van der Waals surface area contributed by atoms with Gasteiger partial charge in [0.2, 0.25) is 0 Å². The van der Waals surface area contributed by atoms with Crippen LogP contribution < -0.4 is 9.47 Å². The van der Waals surface area contributed by atoms with E-state index < -0.39 is 6.10 Å². The van der Waals surface area contributed by atoms with Crippen molar-refractivity contribution in [3.63, 3.8) is 0 Å². The number of aromatic nitrogens is 1. The Hall–Kier alpha value is -2.73. The van der Waals surface area contributed by atoms with Crippen LogP contribution in [-0.4, -0.2) is 15.8 Å². The van der Waals surface area contributed by atoms with Gasteiger partial charge in [-0.05, 0) is 53.3 Å². The molecule has 6 heteroatoms. The number of nitrogens with zero attached hydrogens (tertiary/aromatic N) is 1. The number of rotatable bonds is 5. The average Bonchev–Trinajstić information content (AvgIpc) is 2.95. The van der Waals surface area contributed by atoms with Crippen LogP contribution in [0.2, 0.25) is 5.02 Å². The van der Waals surface area contributed by atoms with E-state index in [1.807, 2.05) is 60.7 Å². The van der Waals surface area contributed by atoms with Gasteiger partial charge in [-0.2, -0.15) is 0 Å². The monoisotopic (exact) mass is 463 g/mol. The summed E-state index contributed by atoms with van der Waals surface area (Å²) >= 11 is 8.13. The molecule has 0 spiro atoms. The van der Waals surface area contributed by atoms with Crippen molar-refractivity contribution in [2.24, 2.45) is 0 Å². The van der Waals surface area contributed by atoms with E-state index in [4.69, 9.17) is 26.1 Å². The van der Waals surface area contributed by atoms with Crippen LogP contribution in [0.1, 0.15) is 35.4 Å². The quantitative estimate of drug-likeness (QED) is 0.340. The molecule has 0 aliphatic carbocycles. The molecule has 5 rings (SSSR count). The van der Waals surface area contributed by atoms with E-state index >= 15 is 0 Å². The van der Waals surface area contributed by atoms with Crippen LogP contribution in [0.4, 0.5) is 0 Å². The van der Waals surface area contributed by atoms with Gasteiger partial charge in [-0.1, -0.05) is 48.9 Å². The van der Waals surface area contributed by atoms with Crippen molar-refractivity contribution in [3.8, 4) is 11.5 Å². The molecule has 1 N–H and O–H groups in total. The van der Waals surface area contributed by atoms with Crippen molar-refractivity contribution in [1.29, 1.82) is 0 Å². The van der Waals surface area contributed by atoms with Crippen molar-refractivity contribution in [2.45, 2.75) is 31.1 Å². The van der Waals surface area contributed by atoms with Gasteiger partial charge >= 0.3 is 0 Å². The summed E-state index contributed by atoms with van der Waals surface area (Å²) in [6.07, 6.45) is -0.761. The van der Waals surface area contributed by atoms with Crippen LogP contribution >= 0.6 is 23.4 Å². The molecule has 1 aliphatic rings. The number of benzene rings is 3. The normalized spacial score (nSPS) is 14.9. The molecule has 1 aliphatic heterocycles. The second-order valence-corrected chi connectivity index (χ2v) is 9.30. The standard InChI is InChI=1S/C26H22ClNO3S/c1-2-32-25-11-16-7-8-18(28-23(16)13-22(25)27)15-30-19-9-10-24-21(12-19)26(29)20-6-4-3-5-17(20)14-31-24/h3-13,26,29H,2,14-15H2,1H3. The molecule has 0 amide bonds. The summed E-state index contributed by atoms with van der Waals surface area (Å²) in [4.78, 5) is 5.78. The van der Waals surface area contributed by atoms with E-state index in [0.717, 1.165) is 43.4 Å². The first-order chi connectivity index (χ1) is 15.6. The molecule has 0 saturated carbocycles. The maximum Gasteiger partial charge on any atom is 0.130 e. The minimum atomic E-state index is -0.761. The number of halogens is 1. The molecule has 0 fully saturated rings. The third-order valence-electron chi connectivity index (χ3n) is 5.50. The predicted molar refractivity (Wildman–Crippen MR) is 129 cm³/mol. The lowest BCUT2D eigenvalue weighted by Crippen LogP contribution is -2.02. The molecule has 0 saturated heterocycles. The van der Waals surface area contributed by atoms with Gasteiger partial charge in [0, 0.05) is 15.8 Å². The van der Waals surface area contributed by atoms with Crippen molar-refractivity contribution in [2.75, 3.05) is 5.75 Å². The Kier molecular flexibility index (Phi) is 5.96. The number of hydrogen-bond donors (Lipinski definition) is 1. The second kappa shape index (κ2) is 9.02. The number of aliphatic hydroxyl groups excluding tert-OH is 1. The van der Waals surface area contributed by atoms with Gasteiger partial charge in [-0.25, -0.2) is 4.98 Å². The number of pyridine rings is 1. The minimum absolute atomic E-state index is 0.311. The topological polar surface area (TPSA) is 51.6 Å². The lowest BCUT2D eigenvalue weighted by atomic mass is 9.97. The van der Waals surface area contributed by atoms with E-state index in [1.54, 1.807) is 11.8 Å². The molecule has 4 aromatic rings. The Morgan fingerprint density at radius 2 is 1.97 bits per heavy atom. The third kappa shape index (κ3) is 4.16. The lowest BCUT2D eigenvalue weighted by Gasteiger charge is -2.15. The number of ether oxygens (including phenoxy) is 2. The molecule has 0 bridgehead atoms. The minimum Gasteiger partial charge on any atom is -0.488 e. The summed E-state index contributed by atoms with van der Waals surface area (Å²) in [5.74, 6) is 2.29. The number of thioether (sulfide) groups is 1. The largest absolute Gasteiger partial charge is 0.488 e. The fraction of sp³-hybridized carbons (Fsp3) is 0.192. The SMILES string of the molecule is CCSc1cc2ccc(COc3ccc4c(c3)C(O)c3ccccc3CO4)nc2cc1Cl. The Bertz CT molecular complexity index is 1290. The van der Waals surface area contributed by atoms with Crippen molar-refractivity contribution >= 4 is 34.3 Å². The maximum atomic E-state index is 10.9. The Morgan fingerprint density at radius 3 is 2.84 bits per heavy atom. The zero-order valence-electron chi connectivity index (χ0n) is 17.5. The van der Waals surface area contributed by atoms with Gasteiger partial charge in [0.1, 0.15) is 30.8 Å². The first-order valence-electron chi connectivity index (χ1n) is 10.5. The third-order valence-corrected chi connectivity index (χ3v) is 6.86. The first-order valence-corrected chi connectivity index (χ1v) is 11.9. The summed E-state index contributed by atoms with van der Waals surface area (Å²) in [5, 5.41) is 12.7. The predicted octanol–water partition coefficient (Wildman–Crippen LogP) is 6.55. The summed E-state index contributed by atoms with van der Waals surface area (Å²) in [6, 6.07) is 21.3. The molecule has 32 heavy (non-hydrogen) atoms. The molecular weight excluding hydrogens is 442 g/mol. The van der Waals surface area contributed by atoms with Crippen LogP contribution in [0.25, 0.3) is 10.9 Å². The summed E-state index contributed by atoms with van der Waals surface area (Å²) in [5.41, 5.74) is 4.20. The van der Waals surface area contributed by atoms with Crippen molar-refractivity contribution in [1.82, 2.24) is 4.98 Å². The van der Waals surface area contributed by atoms with Crippen LogP contribution in [0.15, 0.2) is 71.6 Å². The second-order valence-electron chi connectivity index (χ2n) is 7.59. The number of fused-ring (bicyclic) bond motifs is 3. The van der Waals surface area contributed by atoms with Gasteiger partial charge in [0.05, 0.1) is 16.2 Å². The first kappa shape index (κ1) is 21.1. The molecular formula is C26H22ClNO3S. The zero-order valence-corrected chi connectivity index (χ0v) is 19.1. The van der Waals surface area contributed by atoms with Gasteiger partial charge in [-0.15, -0.1) is 11.8 Å². The van der Waals surface area contributed by atoms with Gasteiger partial charge in [0.25, 0.3) is 0 Å². The molecule has 0 radical (unpaired) electrons. The lowest BCUT2D eigenvalue weighted by molar-refractivity contribution is 0.217. The fourth-order valence-electron chi connectivity index (χ4n) is 3.89. The summed E-state index contributed by atoms with van der Waals surface area (Å²) < 4.78 is 11.9. The van der Waals surface area contributed by atoms with E-state index in [2.05, 4.69) is 13.0 Å². The van der Waals surface area contributed by atoms with Crippen LogP contribution in [0.5, 0.6) is 11.5 Å². The maximum absolute atomic E-state index is 10.9. The molecule has 3 aromatic carbocycles. The Labute approximate surface area is 196 Å². The Balaban J connectivity index is 1.37. The molecule has 1 aromatic heterocycles. The smallest absolute Gasteiger partial charge is 0.130 e. The van der Waals surface area contributed by atoms with Crippen LogP contribution in [0.3, 0.4) is 0 Å². The zero-order chi connectivity index (χ0) is 22.1. The van der Waals surface area contributed by atoms with E-state index in [-0.39, 0.29) is 0 Å². The molecule has 2 heterocycles. The average molecular weight is 464 g/mol. The van der Waals surface area contributed by atoms with Gasteiger partial charge in [0.15, 0.2) is 0 Å². The molecule has 4 nitrogen and oxygen atoms in total. The highest BCUT2D eigenvalue weighted by molar-refractivity contribution is 7.99. The summed E-state index contributed by atoms with van der Waals surface area (Å²) in [6.45, 7) is 2.85. The van der Waals surface area contributed by atoms with E-state index in [9.17, 15) is 5.11 Å².